The van der Waals surface area contributed by atoms with Gasteiger partial charge in [-0.2, -0.15) is 0 Å². The quantitative estimate of drug-likeness (QED) is 0.651. The first kappa shape index (κ1) is 18.9. The first-order chi connectivity index (χ1) is 14.1. The van der Waals surface area contributed by atoms with Gasteiger partial charge in [-0.25, -0.2) is 4.39 Å². The number of halogens is 1. The van der Waals surface area contributed by atoms with Crippen molar-refractivity contribution in [2.24, 2.45) is 0 Å². The van der Waals surface area contributed by atoms with E-state index in [0.29, 0.717) is 24.1 Å². The minimum absolute atomic E-state index is 0.310. The van der Waals surface area contributed by atoms with Gasteiger partial charge in [-0.05, 0) is 30.5 Å². The van der Waals surface area contributed by atoms with E-state index >= 15 is 0 Å². The van der Waals surface area contributed by atoms with Crippen molar-refractivity contribution in [2.75, 3.05) is 6.54 Å². The average molecular weight is 387 g/mol. The van der Waals surface area contributed by atoms with Crippen LogP contribution in [0.2, 0.25) is 0 Å². The van der Waals surface area contributed by atoms with Crippen molar-refractivity contribution in [1.82, 2.24) is 4.90 Å². The molecule has 1 atom stereocenters. The van der Waals surface area contributed by atoms with Gasteiger partial charge in [0.2, 0.25) is 0 Å². The Morgan fingerprint density at radius 1 is 0.931 bits per heavy atom. The van der Waals surface area contributed by atoms with E-state index in [9.17, 15) is 14.3 Å². The van der Waals surface area contributed by atoms with Crippen LogP contribution in [-0.4, -0.2) is 22.5 Å². The molecule has 3 nitrogen and oxygen atoms in total. The maximum Gasteiger partial charge on any atom is 0.289 e. The highest BCUT2D eigenvalue weighted by molar-refractivity contribution is 6.05. The number of hydrogen-bond acceptors (Lipinski definition) is 2. The van der Waals surface area contributed by atoms with Crippen molar-refractivity contribution in [2.45, 2.75) is 19.4 Å². The summed E-state index contributed by atoms with van der Waals surface area (Å²) in [5.41, 5.74) is 3.70. The van der Waals surface area contributed by atoms with Crippen LogP contribution in [-0.2, 0) is 11.2 Å². The van der Waals surface area contributed by atoms with Crippen LogP contribution < -0.4 is 0 Å². The number of amides is 1. The van der Waals surface area contributed by atoms with Crippen LogP contribution >= 0.6 is 0 Å². The highest BCUT2D eigenvalue weighted by Crippen LogP contribution is 2.43. The standard InChI is InChI=1S/C25H22FNO2/c1-17-11-13-19(14-12-17)22-23(20-9-5-6-10-21(20)26)27(25(29)24(22)28)16-15-18-7-3-2-4-8-18/h2-14,23,28H,15-16H2,1H3. The van der Waals surface area contributed by atoms with Gasteiger partial charge in [0.05, 0.1) is 6.04 Å². The van der Waals surface area contributed by atoms with Gasteiger partial charge in [-0.15, -0.1) is 0 Å². The summed E-state index contributed by atoms with van der Waals surface area (Å²) in [6, 6.07) is 23.2. The second-order valence-electron chi connectivity index (χ2n) is 7.29. The number of aliphatic hydroxyl groups excluding tert-OH is 1. The lowest BCUT2D eigenvalue weighted by molar-refractivity contribution is -0.129. The Kier molecular flexibility index (Phi) is 5.17. The van der Waals surface area contributed by atoms with Crippen molar-refractivity contribution in [3.8, 4) is 0 Å². The predicted molar refractivity (Wildman–Crippen MR) is 112 cm³/mol. The van der Waals surface area contributed by atoms with E-state index in [2.05, 4.69) is 0 Å². The molecule has 1 N–H and O–H groups in total. The van der Waals surface area contributed by atoms with Gasteiger partial charge >= 0.3 is 0 Å². The Bertz CT molecular complexity index is 1060. The molecule has 0 radical (unpaired) electrons. The second-order valence-corrected chi connectivity index (χ2v) is 7.29. The molecule has 0 aromatic heterocycles. The fraction of sp³-hybridized carbons (Fsp3) is 0.160. The molecule has 1 amide bonds. The number of aryl methyl sites for hydroxylation is 1. The summed E-state index contributed by atoms with van der Waals surface area (Å²) >= 11 is 0. The van der Waals surface area contributed by atoms with Gasteiger partial charge in [0.1, 0.15) is 5.82 Å². The maximum atomic E-state index is 14.7. The van der Waals surface area contributed by atoms with E-state index < -0.39 is 17.8 Å². The van der Waals surface area contributed by atoms with Crippen molar-refractivity contribution in [1.29, 1.82) is 0 Å². The molecule has 1 aliphatic heterocycles. The molecule has 29 heavy (non-hydrogen) atoms. The first-order valence-corrected chi connectivity index (χ1v) is 9.66. The number of carbonyl (C=O) groups is 1. The van der Waals surface area contributed by atoms with E-state index in [4.69, 9.17) is 0 Å². The highest BCUT2D eigenvalue weighted by Gasteiger charge is 2.41. The summed E-state index contributed by atoms with van der Waals surface area (Å²) in [5.74, 6) is -1.17. The molecule has 0 spiro atoms. The lowest BCUT2D eigenvalue weighted by Gasteiger charge is -2.27. The van der Waals surface area contributed by atoms with Gasteiger partial charge in [0.15, 0.2) is 5.76 Å². The predicted octanol–water partition coefficient (Wildman–Crippen LogP) is 5.23. The van der Waals surface area contributed by atoms with Crippen molar-refractivity contribution in [3.63, 3.8) is 0 Å². The summed E-state index contributed by atoms with van der Waals surface area (Å²) < 4.78 is 14.7. The van der Waals surface area contributed by atoms with Gasteiger partial charge in [-0.1, -0.05) is 78.4 Å². The molecule has 3 aromatic carbocycles. The van der Waals surface area contributed by atoms with E-state index in [1.54, 1.807) is 23.1 Å². The van der Waals surface area contributed by atoms with Gasteiger partial charge in [0, 0.05) is 17.7 Å². The third-order valence-corrected chi connectivity index (χ3v) is 5.35. The molecule has 1 unspecified atom stereocenters. The first-order valence-electron chi connectivity index (χ1n) is 9.66. The van der Waals surface area contributed by atoms with Crippen LogP contribution in [0.25, 0.3) is 5.57 Å². The fourth-order valence-electron chi connectivity index (χ4n) is 3.83. The maximum absolute atomic E-state index is 14.7. The average Bonchev–Trinajstić information content (AvgIpc) is 2.98. The summed E-state index contributed by atoms with van der Waals surface area (Å²) in [5, 5.41) is 10.7. The molecule has 146 valence electrons. The Hall–Kier alpha value is -3.40. The Labute approximate surface area is 169 Å². The lowest BCUT2D eigenvalue weighted by atomic mass is 9.92. The van der Waals surface area contributed by atoms with Gasteiger partial charge in [0.25, 0.3) is 5.91 Å². The van der Waals surface area contributed by atoms with E-state index in [1.165, 1.54) is 6.07 Å². The van der Waals surface area contributed by atoms with E-state index in [0.717, 1.165) is 16.7 Å². The molecule has 4 heteroatoms. The molecule has 0 saturated carbocycles. The molecular formula is C25H22FNO2. The van der Waals surface area contributed by atoms with Crippen LogP contribution in [0.15, 0.2) is 84.6 Å². The number of aliphatic hydroxyl groups is 1. The number of nitrogens with zero attached hydrogens (tertiary/aromatic N) is 1. The zero-order chi connectivity index (χ0) is 20.4. The fourth-order valence-corrected chi connectivity index (χ4v) is 3.83. The zero-order valence-electron chi connectivity index (χ0n) is 16.2. The van der Waals surface area contributed by atoms with Crippen LogP contribution in [0.3, 0.4) is 0 Å². The molecule has 1 heterocycles. The Balaban J connectivity index is 1.76. The SMILES string of the molecule is Cc1ccc(C2=C(O)C(=O)N(CCc3ccccc3)C2c2ccccc2F)cc1. The van der Waals surface area contributed by atoms with Crippen LogP contribution in [0.4, 0.5) is 4.39 Å². The van der Waals surface area contributed by atoms with E-state index in [-0.39, 0.29) is 5.76 Å². The number of carbonyl (C=O) groups excluding carboxylic acids is 1. The Morgan fingerprint density at radius 3 is 2.28 bits per heavy atom. The highest BCUT2D eigenvalue weighted by atomic mass is 19.1. The van der Waals surface area contributed by atoms with Gasteiger partial charge in [-0.3, -0.25) is 4.79 Å². The molecule has 0 saturated heterocycles. The van der Waals surface area contributed by atoms with Crippen molar-refractivity contribution in [3.05, 3.63) is 113 Å². The smallest absolute Gasteiger partial charge is 0.289 e. The van der Waals surface area contributed by atoms with Crippen LogP contribution in [0, 0.1) is 12.7 Å². The third kappa shape index (κ3) is 3.66. The second kappa shape index (κ2) is 7.92. The number of benzene rings is 3. The number of hydrogen-bond donors (Lipinski definition) is 1. The molecule has 1 aliphatic rings. The van der Waals surface area contributed by atoms with Gasteiger partial charge < -0.3 is 10.0 Å². The lowest BCUT2D eigenvalue weighted by Crippen LogP contribution is -2.32. The Morgan fingerprint density at radius 2 is 1.59 bits per heavy atom. The zero-order valence-corrected chi connectivity index (χ0v) is 16.2. The monoisotopic (exact) mass is 387 g/mol. The van der Waals surface area contributed by atoms with Crippen LogP contribution in [0.1, 0.15) is 28.3 Å². The minimum Gasteiger partial charge on any atom is -0.503 e. The van der Waals surface area contributed by atoms with E-state index in [1.807, 2.05) is 61.5 Å². The third-order valence-electron chi connectivity index (χ3n) is 5.35. The molecule has 4 rings (SSSR count). The topological polar surface area (TPSA) is 40.5 Å². The molecule has 0 bridgehead atoms. The molecule has 0 aliphatic carbocycles. The normalized spacial score (nSPS) is 16.6. The minimum atomic E-state index is -0.671. The summed E-state index contributed by atoms with van der Waals surface area (Å²) in [6.07, 6.45) is 0.617. The number of rotatable bonds is 5. The molecular weight excluding hydrogens is 365 g/mol. The van der Waals surface area contributed by atoms with Crippen molar-refractivity contribution >= 4 is 11.5 Å². The largest absolute Gasteiger partial charge is 0.503 e. The van der Waals surface area contributed by atoms with Crippen molar-refractivity contribution < 1.29 is 14.3 Å². The summed E-state index contributed by atoms with van der Waals surface area (Å²) in [6.45, 7) is 2.35. The molecule has 0 fully saturated rings. The summed E-state index contributed by atoms with van der Waals surface area (Å²) in [4.78, 5) is 14.5. The summed E-state index contributed by atoms with van der Waals surface area (Å²) in [7, 11) is 0. The van der Waals surface area contributed by atoms with Crippen LogP contribution in [0.5, 0.6) is 0 Å². The molecule has 3 aromatic rings.